The smallest absolute Gasteiger partial charge is 0.238 e. The van der Waals surface area contributed by atoms with Crippen LogP contribution < -0.4 is 5.32 Å². The van der Waals surface area contributed by atoms with E-state index < -0.39 is 0 Å². The maximum Gasteiger partial charge on any atom is 0.238 e. The number of rotatable bonds is 5. The molecular formula is C14H20N2O2. The molecule has 0 bridgehead atoms. The molecule has 1 aliphatic rings. The Labute approximate surface area is 108 Å². The molecule has 1 saturated carbocycles. The van der Waals surface area contributed by atoms with E-state index in [2.05, 4.69) is 5.32 Å². The number of aliphatic hydroxyl groups is 1. The number of benzene rings is 1. The van der Waals surface area contributed by atoms with Gasteiger partial charge in [-0.15, -0.1) is 0 Å². The third-order valence-corrected chi connectivity index (χ3v) is 3.25. The van der Waals surface area contributed by atoms with Gasteiger partial charge in [0.1, 0.15) is 0 Å². The summed E-state index contributed by atoms with van der Waals surface area (Å²) in [5.41, 5.74) is 0.829. The van der Waals surface area contributed by atoms with Gasteiger partial charge < -0.3 is 10.4 Å². The number of aliphatic hydroxyl groups excluding tert-OH is 1. The quantitative estimate of drug-likeness (QED) is 0.826. The zero-order valence-electron chi connectivity index (χ0n) is 10.7. The number of nitrogens with zero attached hydrogens (tertiary/aromatic N) is 1. The summed E-state index contributed by atoms with van der Waals surface area (Å²) in [5.74, 6) is 0.540. The lowest BCUT2D eigenvalue weighted by Crippen LogP contribution is -2.39. The third kappa shape index (κ3) is 3.82. The van der Waals surface area contributed by atoms with Crippen molar-refractivity contribution in [2.75, 3.05) is 25.5 Å². The first-order chi connectivity index (χ1) is 8.63. The highest BCUT2D eigenvalue weighted by atomic mass is 16.3. The molecule has 0 aromatic heterocycles. The molecule has 1 aromatic carbocycles. The molecule has 0 spiro atoms. The molecule has 1 aromatic rings. The van der Waals surface area contributed by atoms with Crippen LogP contribution in [0.15, 0.2) is 30.3 Å². The summed E-state index contributed by atoms with van der Waals surface area (Å²) >= 11 is 0. The molecule has 0 aliphatic heterocycles. The molecule has 0 saturated heterocycles. The van der Waals surface area contributed by atoms with Crippen molar-refractivity contribution in [3.8, 4) is 0 Å². The Morgan fingerprint density at radius 2 is 2.06 bits per heavy atom. The zero-order valence-corrected chi connectivity index (χ0v) is 10.7. The fourth-order valence-electron chi connectivity index (χ4n) is 2.32. The predicted molar refractivity (Wildman–Crippen MR) is 71.3 cm³/mol. The molecule has 1 fully saturated rings. The zero-order chi connectivity index (χ0) is 13.0. The first kappa shape index (κ1) is 13.1. The van der Waals surface area contributed by atoms with Crippen LogP contribution in [0.1, 0.15) is 12.8 Å². The average Bonchev–Trinajstić information content (AvgIpc) is 2.28. The van der Waals surface area contributed by atoms with Gasteiger partial charge in [0.2, 0.25) is 5.91 Å². The topological polar surface area (TPSA) is 52.6 Å². The van der Waals surface area contributed by atoms with Crippen LogP contribution in [-0.4, -0.2) is 42.2 Å². The van der Waals surface area contributed by atoms with Gasteiger partial charge in [-0.1, -0.05) is 18.2 Å². The summed E-state index contributed by atoms with van der Waals surface area (Å²) in [7, 11) is 1.94. The molecule has 0 heterocycles. The molecule has 98 valence electrons. The van der Waals surface area contributed by atoms with Crippen LogP contribution in [-0.2, 0) is 4.79 Å². The van der Waals surface area contributed by atoms with Crippen molar-refractivity contribution < 1.29 is 9.90 Å². The number of hydrogen-bond acceptors (Lipinski definition) is 3. The maximum absolute atomic E-state index is 11.8. The van der Waals surface area contributed by atoms with Crippen molar-refractivity contribution in [3.05, 3.63) is 30.3 Å². The van der Waals surface area contributed by atoms with Crippen LogP contribution in [0.4, 0.5) is 5.69 Å². The summed E-state index contributed by atoms with van der Waals surface area (Å²) < 4.78 is 0. The van der Waals surface area contributed by atoms with Crippen molar-refractivity contribution in [1.29, 1.82) is 0 Å². The van der Waals surface area contributed by atoms with Gasteiger partial charge in [-0.2, -0.15) is 0 Å². The highest BCUT2D eigenvalue weighted by molar-refractivity contribution is 5.92. The maximum atomic E-state index is 11.8. The summed E-state index contributed by atoms with van der Waals surface area (Å²) in [4.78, 5) is 13.8. The second kappa shape index (κ2) is 5.98. The fraction of sp³-hybridized carbons (Fsp3) is 0.500. The van der Waals surface area contributed by atoms with Crippen LogP contribution in [0.25, 0.3) is 0 Å². The summed E-state index contributed by atoms with van der Waals surface area (Å²) in [6, 6.07) is 9.47. The Bertz CT molecular complexity index is 388. The van der Waals surface area contributed by atoms with Crippen molar-refractivity contribution in [3.63, 3.8) is 0 Å². The molecule has 1 aliphatic carbocycles. The molecule has 1 amide bonds. The van der Waals surface area contributed by atoms with Crippen LogP contribution in [0, 0.1) is 5.92 Å². The standard InChI is InChI=1S/C14H20N2O2/c1-16(9-11-7-13(17)8-11)10-14(18)15-12-5-3-2-4-6-12/h2-6,11,13,17H,7-10H2,1H3,(H,15,18). The van der Waals surface area contributed by atoms with Crippen molar-refractivity contribution in [2.45, 2.75) is 18.9 Å². The Kier molecular flexibility index (Phi) is 4.33. The lowest BCUT2D eigenvalue weighted by Gasteiger charge is -2.34. The van der Waals surface area contributed by atoms with Crippen LogP contribution in [0.2, 0.25) is 0 Å². The van der Waals surface area contributed by atoms with Gasteiger partial charge in [0.15, 0.2) is 0 Å². The van der Waals surface area contributed by atoms with Gasteiger partial charge in [0.05, 0.1) is 12.6 Å². The Morgan fingerprint density at radius 1 is 1.39 bits per heavy atom. The molecule has 0 atom stereocenters. The minimum absolute atomic E-state index is 0.00331. The third-order valence-electron chi connectivity index (χ3n) is 3.25. The van der Waals surface area contributed by atoms with Gasteiger partial charge in [0.25, 0.3) is 0 Å². The van der Waals surface area contributed by atoms with Crippen molar-refractivity contribution >= 4 is 11.6 Å². The number of carbonyl (C=O) groups excluding carboxylic acids is 1. The molecule has 2 rings (SSSR count). The minimum Gasteiger partial charge on any atom is -0.393 e. The fourth-order valence-corrected chi connectivity index (χ4v) is 2.32. The monoisotopic (exact) mass is 248 g/mol. The van der Waals surface area contributed by atoms with Crippen LogP contribution in [0.5, 0.6) is 0 Å². The van der Waals surface area contributed by atoms with E-state index in [1.54, 1.807) is 0 Å². The Hall–Kier alpha value is -1.39. The van der Waals surface area contributed by atoms with Gasteiger partial charge in [-0.25, -0.2) is 0 Å². The predicted octanol–water partition coefficient (Wildman–Crippen LogP) is 1.33. The molecule has 0 radical (unpaired) electrons. The second-order valence-electron chi connectivity index (χ2n) is 5.10. The number of para-hydroxylation sites is 1. The van der Waals surface area contributed by atoms with Crippen molar-refractivity contribution in [1.82, 2.24) is 4.90 Å². The van der Waals surface area contributed by atoms with E-state index in [9.17, 15) is 9.90 Å². The molecule has 4 nitrogen and oxygen atoms in total. The first-order valence-electron chi connectivity index (χ1n) is 6.35. The highest BCUT2D eigenvalue weighted by Crippen LogP contribution is 2.27. The van der Waals surface area contributed by atoms with Crippen molar-refractivity contribution in [2.24, 2.45) is 5.92 Å². The average molecular weight is 248 g/mol. The van der Waals surface area contributed by atoms with E-state index in [1.165, 1.54) is 0 Å². The van der Waals surface area contributed by atoms with Gasteiger partial charge >= 0.3 is 0 Å². The summed E-state index contributed by atoms with van der Waals surface area (Å²) in [6.07, 6.45) is 1.61. The number of likely N-dealkylation sites (N-methyl/N-ethyl adjacent to an activating group) is 1. The lowest BCUT2D eigenvalue weighted by atomic mass is 9.82. The molecular weight excluding hydrogens is 228 g/mol. The number of carbonyl (C=O) groups is 1. The van der Waals surface area contributed by atoms with Crippen LogP contribution in [0.3, 0.4) is 0 Å². The lowest BCUT2D eigenvalue weighted by molar-refractivity contribution is -0.117. The summed E-state index contributed by atoms with van der Waals surface area (Å²) in [6.45, 7) is 1.26. The van der Waals surface area contributed by atoms with Gasteiger partial charge in [-0.05, 0) is 37.9 Å². The number of hydrogen-bond donors (Lipinski definition) is 2. The minimum atomic E-state index is -0.124. The largest absolute Gasteiger partial charge is 0.393 e. The molecule has 2 N–H and O–H groups in total. The molecule has 0 unspecified atom stereocenters. The van der Waals surface area contributed by atoms with E-state index in [4.69, 9.17) is 0 Å². The Balaban J connectivity index is 1.70. The second-order valence-corrected chi connectivity index (χ2v) is 5.10. The molecule has 18 heavy (non-hydrogen) atoms. The van der Waals surface area contributed by atoms with E-state index in [-0.39, 0.29) is 12.0 Å². The van der Waals surface area contributed by atoms with E-state index >= 15 is 0 Å². The highest BCUT2D eigenvalue weighted by Gasteiger charge is 2.28. The van der Waals surface area contributed by atoms with Crippen LogP contribution >= 0.6 is 0 Å². The molecule has 4 heteroatoms. The van der Waals surface area contributed by atoms with E-state index in [0.717, 1.165) is 25.1 Å². The normalized spacial score (nSPS) is 22.6. The number of nitrogens with one attached hydrogen (secondary N) is 1. The summed E-state index contributed by atoms with van der Waals surface area (Å²) in [5, 5.41) is 12.1. The number of amides is 1. The van der Waals surface area contributed by atoms with Gasteiger partial charge in [0, 0.05) is 12.2 Å². The van der Waals surface area contributed by atoms with E-state index in [1.807, 2.05) is 42.3 Å². The van der Waals surface area contributed by atoms with Gasteiger partial charge in [-0.3, -0.25) is 9.69 Å². The Morgan fingerprint density at radius 3 is 2.67 bits per heavy atom. The number of anilines is 1. The SMILES string of the molecule is CN(CC(=O)Nc1ccccc1)CC1CC(O)C1. The van der Waals surface area contributed by atoms with E-state index in [0.29, 0.717) is 12.5 Å². The first-order valence-corrected chi connectivity index (χ1v) is 6.35.